The second-order valence-corrected chi connectivity index (χ2v) is 6.54. The third kappa shape index (κ3) is 3.75. The van der Waals surface area contributed by atoms with Crippen molar-refractivity contribution in [2.45, 2.75) is 27.7 Å². The zero-order valence-electron chi connectivity index (χ0n) is 16.6. The Balaban J connectivity index is 1.83. The summed E-state index contributed by atoms with van der Waals surface area (Å²) < 4.78 is 11.8. The van der Waals surface area contributed by atoms with E-state index in [1.54, 1.807) is 18.4 Å². The van der Waals surface area contributed by atoms with Crippen molar-refractivity contribution in [2.75, 3.05) is 11.9 Å². The molecule has 1 aromatic carbocycles. The van der Waals surface area contributed by atoms with Crippen LogP contribution in [-0.4, -0.2) is 28.2 Å². The zero-order valence-corrected chi connectivity index (χ0v) is 16.6. The van der Waals surface area contributed by atoms with E-state index < -0.39 is 18.5 Å². The average molecular weight is 392 g/mol. The van der Waals surface area contributed by atoms with Gasteiger partial charge in [-0.1, -0.05) is 23.4 Å². The molecular formula is C21H20N4O4. The number of ether oxygens (including phenoxy) is 1. The van der Waals surface area contributed by atoms with Crippen molar-refractivity contribution in [3.63, 3.8) is 0 Å². The highest BCUT2D eigenvalue weighted by Crippen LogP contribution is 2.29. The number of nitrogens with one attached hydrogen (secondary N) is 1. The van der Waals surface area contributed by atoms with E-state index in [-0.39, 0.29) is 5.56 Å². The number of aromatic nitrogens is 2. The third-order valence-corrected chi connectivity index (χ3v) is 4.67. The standard InChI is InChI=1S/C21H20N4O4/c1-12-14(3)25(16-8-6-5-7-9-16)20(17(12)10-22)23-18(26)11-28-21(27)19-13(2)24-29-15(19)4/h5-9H,11H2,1-4H3,(H,23,26). The second-order valence-electron chi connectivity index (χ2n) is 6.54. The number of benzene rings is 1. The van der Waals surface area contributed by atoms with Crippen LogP contribution in [0.3, 0.4) is 0 Å². The summed E-state index contributed by atoms with van der Waals surface area (Å²) in [6.45, 7) is 6.39. The maximum Gasteiger partial charge on any atom is 0.344 e. The predicted octanol–water partition coefficient (Wildman–Crippen LogP) is 3.37. The van der Waals surface area contributed by atoms with Crippen molar-refractivity contribution in [1.82, 2.24) is 9.72 Å². The van der Waals surface area contributed by atoms with Crippen molar-refractivity contribution >= 4 is 17.7 Å². The molecule has 0 fully saturated rings. The fraction of sp³-hybridized carbons (Fsp3) is 0.238. The SMILES string of the molecule is Cc1noc(C)c1C(=O)OCC(=O)Nc1c(C#N)c(C)c(C)n1-c1ccccc1. The molecule has 0 unspecified atom stereocenters. The van der Waals surface area contributed by atoms with Gasteiger partial charge < -0.3 is 14.6 Å². The van der Waals surface area contributed by atoms with Crippen molar-refractivity contribution < 1.29 is 18.8 Å². The Bertz CT molecular complexity index is 1100. The lowest BCUT2D eigenvalue weighted by atomic mass is 10.2. The lowest BCUT2D eigenvalue weighted by molar-refractivity contribution is -0.119. The van der Waals surface area contributed by atoms with Crippen LogP contribution in [0.1, 0.15) is 38.6 Å². The Morgan fingerprint density at radius 1 is 1.21 bits per heavy atom. The fourth-order valence-electron chi connectivity index (χ4n) is 3.11. The smallest absolute Gasteiger partial charge is 0.344 e. The molecule has 0 saturated carbocycles. The molecule has 0 aliphatic heterocycles. The molecule has 2 heterocycles. The normalized spacial score (nSPS) is 10.4. The van der Waals surface area contributed by atoms with E-state index in [4.69, 9.17) is 9.26 Å². The first-order valence-electron chi connectivity index (χ1n) is 8.92. The number of nitriles is 1. The Hall–Kier alpha value is -3.86. The lowest BCUT2D eigenvalue weighted by Gasteiger charge is -2.13. The highest BCUT2D eigenvalue weighted by atomic mass is 16.5. The van der Waals surface area contributed by atoms with Gasteiger partial charge in [0.25, 0.3) is 5.91 Å². The first-order chi connectivity index (χ1) is 13.8. The monoisotopic (exact) mass is 392 g/mol. The summed E-state index contributed by atoms with van der Waals surface area (Å²) in [5.41, 5.74) is 3.35. The summed E-state index contributed by atoms with van der Waals surface area (Å²) in [6, 6.07) is 11.5. The number of esters is 1. The molecule has 148 valence electrons. The molecule has 2 aromatic heterocycles. The number of anilines is 1. The zero-order chi connectivity index (χ0) is 21.1. The van der Waals surface area contributed by atoms with Crippen LogP contribution >= 0.6 is 0 Å². The van der Waals surface area contributed by atoms with Gasteiger partial charge in [-0.3, -0.25) is 9.36 Å². The number of nitrogens with zero attached hydrogens (tertiary/aromatic N) is 3. The Morgan fingerprint density at radius 2 is 1.90 bits per heavy atom. The molecule has 8 nitrogen and oxygen atoms in total. The minimum atomic E-state index is -0.692. The molecule has 0 bridgehead atoms. The Kier molecular flexibility index (Phi) is 5.50. The molecule has 1 amide bonds. The first kappa shape index (κ1) is 19.9. The molecule has 0 aliphatic carbocycles. The summed E-state index contributed by atoms with van der Waals surface area (Å²) in [5, 5.41) is 16.0. The van der Waals surface area contributed by atoms with Crippen LogP contribution in [0.4, 0.5) is 5.82 Å². The minimum absolute atomic E-state index is 0.204. The summed E-state index contributed by atoms with van der Waals surface area (Å²) >= 11 is 0. The van der Waals surface area contributed by atoms with Gasteiger partial charge in [0.2, 0.25) is 0 Å². The number of aryl methyl sites for hydroxylation is 2. The molecular weight excluding hydrogens is 372 g/mol. The van der Waals surface area contributed by atoms with Gasteiger partial charge in [0.1, 0.15) is 23.2 Å². The Labute approximate surface area is 167 Å². The number of hydrogen-bond acceptors (Lipinski definition) is 6. The number of carbonyl (C=O) groups is 2. The quantitative estimate of drug-likeness (QED) is 0.667. The number of rotatable bonds is 5. The molecule has 0 radical (unpaired) electrons. The van der Waals surface area contributed by atoms with Gasteiger partial charge in [-0.15, -0.1) is 0 Å². The van der Waals surface area contributed by atoms with Gasteiger partial charge in [0.05, 0.1) is 11.3 Å². The van der Waals surface area contributed by atoms with Gasteiger partial charge in [0.15, 0.2) is 6.61 Å². The predicted molar refractivity (Wildman–Crippen MR) is 105 cm³/mol. The fourth-order valence-corrected chi connectivity index (χ4v) is 3.11. The van der Waals surface area contributed by atoms with E-state index in [9.17, 15) is 14.9 Å². The van der Waals surface area contributed by atoms with E-state index >= 15 is 0 Å². The number of carbonyl (C=O) groups excluding carboxylic acids is 2. The maximum absolute atomic E-state index is 12.5. The maximum atomic E-state index is 12.5. The topological polar surface area (TPSA) is 110 Å². The molecule has 3 rings (SSSR count). The molecule has 8 heteroatoms. The molecule has 29 heavy (non-hydrogen) atoms. The highest BCUT2D eigenvalue weighted by molar-refractivity contribution is 5.97. The minimum Gasteiger partial charge on any atom is -0.452 e. The van der Waals surface area contributed by atoms with Crippen molar-refractivity contribution in [2.24, 2.45) is 0 Å². The molecule has 1 N–H and O–H groups in total. The van der Waals surface area contributed by atoms with Crippen LogP contribution in [0.25, 0.3) is 5.69 Å². The van der Waals surface area contributed by atoms with Crippen LogP contribution in [0.5, 0.6) is 0 Å². The van der Waals surface area contributed by atoms with Gasteiger partial charge in [-0.25, -0.2) is 4.79 Å². The van der Waals surface area contributed by atoms with E-state index in [1.807, 2.05) is 44.2 Å². The summed E-state index contributed by atoms with van der Waals surface area (Å²) in [4.78, 5) is 24.7. The van der Waals surface area contributed by atoms with Crippen LogP contribution < -0.4 is 5.32 Å². The lowest BCUT2D eigenvalue weighted by Crippen LogP contribution is -2.23. The summed E-state index contributed by atoms with van der Waals surface area (Å²) in [6.07, 6.45) is 0. The van der Waals surface area contributed by atoms with Gasteiger partial charge in [0, 0.05) is 11.4 Å². The first-order valence-corrected chi connectivity index (χ1v) is 8.92. The van der Waals surface area contributed by atoms with Crippen LogP contribution in [-0.2, 0) is 9.53 Å². The third-order valence-electron chi connectivity index (χ3n) is 4.67. The number of amides is 1. The van der Waals surface area contributed by atoms with Crippen molar-refractivity contribution in [1.29, 1.82) is 5.26 Å². The van der Waals surface area contributed by atoms with Gasteiger partial charge in [-0.2, -0.15) is 5.26 Å². The molecule has 0 spiro atoms. The van der Waals surface area contributed by atoms with Crippen molar-refractivity contribution in [3.8, 4) is 11.8 Å². The molecule has 0 atom stereocenters. The van der Waals surface area contributed by atoms with Gasteiger partial charge >= 0.3 is 5.97 Å². The van der Waals surface area contributed by atoms with Gasteiger partial charge in [-0.05, 0) is 45.4 Å². The summed E-state index contributed by atoms with van der Waals surface area (Å²) in [7, 11) is 0. The van der Waals surface area contributed by atoms with Crippen LogP contribution in [0, 0.1) is 39.0 Å². The van der Waals surface area contributed by atoms with E-state index in [0.717, 1.165) is 16.9 Å². The van der Waals surface area contributed by atoms with Crippen LogP contribution in [0.2, 0.25) is 0 Å². The number of para-hydroxylation sites is 1. The van der Waals surface area contributed by atoms with E-state index in [0.29, 0.717) is 22.8 Å². The molecule has 3 aromatic rings. The largest absolute Gasteiger partial charge is 0.452 e. The Morgan fingerprint density at radius 3 is 2.48 bits per heavy atom. The highest BCUT2D eigenvalue weighted by Gasteiger charge is 2.23. The molecule has 0 saturated heterocycles. The van der Waals surface area contributed by atoms with Crippen LogP contribution in [0.15, 0.2) is 34.9 Å². The van der Waals surface area contributed by atoms with E-state index in [2.05, 4.69) is 16.5 Å². The second kappa shape index (κ2) is 8.02. The number of hydrogen-bond donors (Lipinski definition) is 1. The summed E-state index contributed by atoms with van der Waals surface area (Å²) in [5.74, 6) is -0.588. The van der Waals surface area contributed by atoms with E-state index in [1.165, 1.54) is 0 Å². The molecule has 0 aliphatic rings. The average Bonchev–Trinajstić information content (AvgIpc) is 3.16. The van der Waals surface area contributed by atoms with Crippen molar-refractivity contribution in [3.05, 3.63) is 64.2 Å².